The molecule has 0 radical (unpaired) electrons. The molecule has 2 heterocycles. The summed E-state index contributed by atoms with van der Waals surface area (Å²) >= 11 is 1.65. The van der Waals surface area contributed by atoms with Gasteiger partial charge >= 0.3 is 0 Å². The van der Waals surface area contributed by atoms with Gasteiger partial charge in [0.15, 0.2) is 10.9 Å². The van der Waals surface area contributed by atoms with Crippen LogP contribution in [-0.4, -0.2) is 33.7 Å². The second-order valence-electron chi connectivity index (χ2n) is 5.13. The summed E-state index contributed by atoms with van der Waals surface area (Å²) in [7, 11) is 1.92. The molecule has 0 atom stereocenters. The van der Waals surface area contributed by atoms with Crippen LogP contribution in [0.5, 0.6) is 0 Å². The van der Waals surface area contributed by atoms with Crippen LogP contribution in [0.3, 0.4) is 0 Å². The molecule has 7 heteroatoms. The van der Waals surface area contributed by atoms with E-state index >= 15 is 0 Å². The Morgan fingerprint density at radius 1 is 1.27 bits per heavy atom. The average molecular weight is 323 g/mol. The van der Waals surface area contributed by atoms with Gasteiger partial charge in [0.05, 0.1) is 13.2 Å². The van der Waals surface area contributed by atoms with Crippen LogP contribution in [0, 0.1) is 5.82 Å². The van der Waals surface area contributed by atoms with Crippen LogP contribution in [0.25, 0.3) is 0 Å². The summed E-state index contributed by atoms with van der Waals surface area (Å²) in [6.07, 6.45) is 3.31. The number of aryl methyl sites for hydroxylation is 1. The van der Waals surface area contributed by atoms with Crippen molar-refractivity contribution in [3.8, 4) is 0 Å². The Kier molecular flexibility index (Phi) is 4.75. The van der Waals surface area contributed by atoms with Gasteiger partial charge in [0.2, 0.25) is 0 Å². The quantitative estimate of drug-likeness (QED) is 0.604. The van der Waals surface area contributed by atoms with Crippen molar-refractivity contribution in [1.29, 1.82) is 0 Å². The van der Waals surface area contributed by atoms with Crippen LogP contribution in [0.15, 0.2) is 35.7 Å². The maximum Gasteiger partial charge on any atom is 0.195 e. The number of nitrogens with zero attached hydrogens (tertiary/aromatic N) is 3. The van der Waals surface area contributed by atoms with Gasteiger partial charge in [0, 0.05) is 24.8 Å². The van der Waals surface area contributed by atoms with E-state index in [-0.39, 0.29) is 5.82 Å². The summed E-state index contributed by atoms with van der Waals surface area (Å²) < 4.78 is 26.7. The first-order chi connectivity index (χ1) is 10.7. The molecule has 1 aromatic heterocycles. The molecule has 0 unspecified atom stereocenters. The first kappa shape index (κ1) is 15.5. The molecule has 0 saturated carbocycles. The van der Waals surface area contributed by atoms with Gasteiger partial charge in [-0.25, -0.2) is 4.39 Å². The first-order valence-corrected chi connectivity index (χ1v) is 8.19. The fourth-order valence-electron chi connectivity index (χ4n) is 2.49. The van der Waals surface area contributed by atoms with E-state index in [1.807, 2.05) is 11.6 Å². The minimum Gasteiger partial charge on any atom is -0.343 e. The fourth-order valence-corrected chi connectivity index (χ4v) is 3.31. The second kappa shape index (κ2) is 6.76. The molecule has 3 rings (SSSR count). The van der Waals surface area contributed by atoms with E-state index in [1.165, 1.54) is 12.1 Å². The number of thioether (sulfide) groups is 1. The van der Waals surface area contributed by atoms with Crippen molar-refractivity contribution in [3.05, 3.63) is 42.0 Å². The maximum absolute atomic E-state index is 13.1. The zero-order valence-corrected chi connectivity index (χ0v) is 13.2. The molecular formula is C15H18FN3O2S. The molecule has 22 heavy (non-hydrogen) atoms. The van der Waals surface area contributed by atoms with Crippen LogP contribution in [0.4, 0.5) is 4.39 Å². The van der Waals surface area contributed by atoms with Crippen LogP contribution in [-0.2, 0) is 22.3 Å². The van der Waals surface area contributed by atoms with Gasteiger partial charge in [-0.1, -0.05) is 23.9 Å². The summed E-state index contributed by atoms with van der Waals surface area (Å²) in [5, 5.41) is 8.79. The standard InChI is InChI=1S/C15H18FN3O2S/c1-19-11-17-18-14(19)22-10-2-7-15(20-8-9-21-15)12-3-5-13(16)6-4-12/h3-6,11H,2,7-10H2,1H3. The molecule has 0 spiro atoms. The van der Waals surface area contributed by atoms with Crippen LogP contribution in [0.2, 0.25) is 0 Å². The molecule has 1 aromatic carbocycles. The van der Waals surface area contributed by atoms with Crippen molar-refractivity contribution < 1.29 is 13.9 Å². The lowest BCUT2D eigenvalue weighted by Crippen LogP contribution is -2.27. The summed E-state index contributed by atoms with van der Waals surface area (Å²) in [5.74, 6) is -0.106. The number of ether oxygens (including phenoxy) is 2. The Morgan fingerprint density at radius 3 is 2.64 bits per heavy atom. The second-order valence-corrected chi connectivity index (χ2v) is 6.20. The van der Waals surface area contributed by atoms with Gasteiger partial charge in [-0.3, -0.25) is 0 Å². The van der Waals surface area contributed by atoms with E-state index < -0.39 is 5.79 Å². The third-order valence-corrected chi connectivity index (χ3v) is 4.71. The largest absolute Gasteiger partial charge is 0.343 e. The summed E-state index contributed by atoms with van der Waals surface area (Å²) in [6, 6.07) is 6.35. The monoisotopic (exact) mass is 323 g/mol. The number of hydrogen-bond acceptors (Lipinski definition) is 5. The van der Waals surface area contributed by atoms with Gasteiger partial charge in [-0.15, -0.1) is 10.2 Å². The lowest BCUT2D eigenvalue weighted by Gasteiger charge is -2.27. The highest BCUT2D eigenvalue weighted by Crippen LogP contribution is 2.36. The molecule has 0 N–H and O–H groups in total. The molecule has 0 bridgehead atoms. The Bertz CT molecular complexity index is 612. The Hall–Kier alpha value is -1.44. The number of hydrogen-bond donors (Lipinski definition) is 0. The van der Waals surface area contributed by atoms with Crippen LogP contribution >= 0.6 is 11.8 Å². The van der Waals surface area contributed by atoms with Crippen molar-refractivity contribution in [2.75, 3.05) is 19.0 Å². The van der Waals surface area contributed by atoms with E-state index in [0.717, 1.165) is 29.3 Å². The fraction of sp³-hybridized carbons (Fsp3) is 0.467. The van der Waals surface area contributed by atoms with E-state index in [9.17, 15) is 4.39 Å². The predicted octanol–water partition coefficient (Wildman–Crippen LogP) is 2.73. The molecule has 1 aliphatic heterocycles. The molecule has 118 valence electrons. The third kappa shape index (κ3) is 3.31. The van der Waals surface area contributed by atoms with Crippen LogP contribution in [0.1, 0.15) is 18.4 Å². The van der Waals surface area contributed by atoms with E-state index in [1.54, 1.807) is 30.2 Å². The number of benzene rings is 1. The van der Waals surface area contributed by atoms with Gasteiger partial charge in [0.25, 0.3) is 0 Å². The highest BCUT2D eigenvalue weighted by molar-refractivity contribution is 7.99. The van der Waals surface area contributed by atoms with Crippen molar-refractivity contribution in [2.45, 2.75) is 23.8 Å². The molecule has 1 aliphatic rings. The minimum atomic E-state index is -0.742. The van der Waals surface area contributed by atoms with Crippen molar-refractivity contribution in [2.24, 2.45) is 7.05 Å². The smallest absolute Gasteiger partial charge is 0.195 e. The molecule has 0 aliphatic carbocycles. The van der Waals surface area contributed by atoms with E-state index in [0.29, 0.717) is 13.2 Å². The zero-order valence-electron chi connectivity index (χ0n) is 12.4. The highest BCUT2D eigenvalue weighted by Gasteiger charge is 2.37. The SMILES string of the molecule is Cn1cnnc1SCCCC1(c2ccc(F)cc2)OCCO1. The lowest BCUT2D eigenvalue weighted by atomic mass is 10.0. The third-order valence-electron chi connectivity index (χ3n) is 3.59. The number of aromatic nitrogens is 3. The zero-order chi connectivity index (χ0) is 15.4. The summed E-state index contributed by atoms with van der Waals surface area (Å²) in [6.45, 7) is 1.13. The van der Waals surface area contributed by atoms with E-state index in [2.05, 4.69) is 10.2 Å². The van der Waals surface area contributed by atoms with Crippen molar-refractivity contribution >= 4 is 11.8 Å². The maximum atomic E-state index is 13.1. The van der Waals surface area contributed by atoms with Gasteiger partial charge < -0.3 is 14.0 Å². The Morgan fingerprint density at radius 2 is 2.00 bits per heavy atom. The summed E-state index contributed by atoms with van der Waals surface area (Å²) in [5.41, 5.74) is 0.870. The number of rotatable bonds is 6. The van der Waals surface area contributed by atoms with Crippen molar-refractivity contribution in [1.82, 2.24) is 14.8 Å². The van der Waals surface area contributed by atoms with Crippen molar-refractivity contribution in [3.63, 3.8) is 0 Å². The predicted molar refractivity (Wildman–Crippen MR) is 80.9 cm³/mol. The molecule has 1 fully saturated rings. The minimum absolute atomic E-state index is 0.255. The van der Waals surface area contributed by atoms with E-state index in [4.69, 9.17) is 9.47 Å². The lowest BCUT2D eigenvalue weighted by molar-refractivity contribution is -0.170. The topological polar surface area (TPSA) is 49.2 Å². The Balaban J connectivity index is 1.60. The number of halogens is 1. The Labute approximate surface area is 132 Å². The molecular weight excluding hydrogens is 305 g/mol. The van der Waals surface area contributed by atoms with Gasteiger partial charge in [0.1, 0.15) is 12.1 Å². The summed E-state index contributed by atoms with van der Waals surface area (Å²) in [4.78, 5) is 0. The molecule has 1 saturated heterocycles. The molecule has 2 aromatic rings. The van der Waals surface area contributed by atoms with Crippen LogP contribution < -0.4 is 0 Å². The molecule has 5 nitrogen and oxygen atoms in total. The normalized spacial score (nSPS) is 17.0. The highest BCUT2D eigenvalue weighted by atomic mass is 32.2. The van der Waals surface area contributed by atoms with Gasteiger partial charge in [-0.2, -0.15) is 0 Å². The first-order valence-electron chi connectivity index (χ1n) is 7.20. The van der Waals surface area contributed by atoms with Gasteiger partial charge in [-0.05, 0) is 18.6 Å². The molecule has 0 amide bonds. The average Bonchev–Trinajstić information content (AvgIpc) is 3.15.